The Labute approximate surface area is 181 Å². The molecule has 156 valence electrons. The summed E-state index contributed by atoms with van der Waals surface area (Å²) < 4.78 is 20.4. The summed E-state index contributed by atoms with van der Waals surface area (Å²) in [6, 6.07) is 15.9. The molecule has 0 saturated carbocycles. The molecule has 2 aromatic carbocycles. The molecule has 0 bridgehead atoms. The van der Waals surface area contributed by atoms with Crippen LogP contribution in [0.25, 0.3) is 20.7 Å². The summed E-state index contributed by atoms with van der Waals surface area (Å²) in [5.41, 5.74) is 1.51. The number of thiophene rings is 1. The van der Waals surface area contributed by atoms with Crippen molar-refractivity contribution in [2.24, 2.45) is 0 Å². The van der Waals surface area contributed by atoms with Crippen molar-refractivity contribution in [3.63, 3.8) is 0 Å². The van der Waals surface area contributed by atoms with Gasteiger partial charge in [-0.3, -0.25) is 14.2 Å². The average Bonchev–Trinajstić information content (AvgIpc) is 3.11. The molecule has 5 rings (SSSR count). The van der Waals surface area contributed by atoms with Gasteiger partial charge in [-0.05, 0) is 17.7 Å². The van der Waals surface area contributed by atoms with Crippen molar-refractivity contribution in [2.75, 3.05) is 13.2 Å². The number of amides is 1. The Bertz CT molecular complexity index is 1330. The number of hydrogen-bond donors (Lipinski definition) is 0. The van der Waals surface area contributed by atoms with Crippen molar-refractivity contribution in [1.29, 1.82) is 0 Å². The molecule has 0 aliphatic carbocycles. The van der Waals surface area contributed by atoms with Gasteiger partial charge in [0.2, 0.25) is 5.91 Å². The van der Waals surface area contributed by atoms with Crippen molar-refractivity contribution in [3.8, 4) is 16.2 Å². The average molecular weight is 435 g/mol. The summed E-state index contributed by atoms with van der Waals surface area (Å²) in [7, 11) is 0. The first-order valence-electron chi connectivity index (χ1n) is 9.82. The van der Waals surface area contributed by atoms with Crippen LogP contribution in [0, 0.1) is 5.82 Å². The van der Waals surface area contributed by atoms with Crippen LogP contribution in [0.2, 0.25) is 0 Å². The molecule has 3 heterocycles. The molecule has 0 spiro atoms. The first kappa shape index (κ1) is 19.4. The van der Waals surface area contributed by atoms with Gasteiger partial charge in [0.25, 0.3) is 5.56 Å². The molecule has 6 nitrogen and oxygen atoms in total. The molecule has 2 aromatic heterocycles. The van der Waals surface area contributed by atoms with Gasteiger partial charge in [0, 0.05) is 23.1 Å². The van der Waals surface area contributed by atoms with Gasteiger partial charge in [0.15, 0.2) is 0 Å². The van der Waals surface area contributed by atoms with Crippen LogP contribution in [0.4, 0.5) is 4.39 Å². The van der Waals surface area contributed by atoms with Crippen LogP contribution < -0.4 is 10.3 Å². The standard InChI is InChI=1S/C23H18FN3O3S/c24-17-7-6-16-12-26(8-9-30-19(16)10-17)21(28)13-27-14-25-22-18(23(27)29)11-20(31-22)15-4-2-1-3-5-15/h1-7,10-11,14H,8-9,12-13H2. The van der Waals surface area contributed by atoms with Crippen LogP contribution in [0.15, 0.2) is 65.7 Å². The zero-order chi connectivity index (χ0) is 21.4. The Hall–Kier alpha value is -3.52. The maximum atomic E-state index is 13.4. The molecular weight excluding hydrogens is 417 g/mol. The lowest BCUT2D eigenvalue weighted by Gasteiger charge is -2.20. The van der Waals surface area contributed by atoms with E-state index in [1.807, 2.05) is 36.4 Å². The quantitative estimate of drug-likeness (QED) is 0.492. The van der Waals surface area contributed by atoms with E-state index in [-0.39, 0.29) is 30.4 Å². The van der Waals surface area contributed by atoms with E-state index in [2.05, 4.69) is 4.98 Å². The van der Waals surface area contributed by atoms with Crippen LogP contribution >= 0.6 is 11.3 Å². The number of carbonyl (C=O) groups excluding carboxylic acids is 1. The summed E-state index contributed by atoms with van der Waals surface area (Å²) in [6.07, 6.45) is 1.42. The Morgan fingerprint density at radius 3 is 2.84 bits per heavy atom. The van der Waals surface area contributed by atoms with Gasteiger partial charge in [0.1, 0.15) is 29.5 Å². The van der Waals surface area contributed by atoms with Crippen molar-refractivity contribution in [2.45, 2.75) is 13.1 Å². The van der Waals surface area contributed by atoms with Gasteiger partial charge in [0.05, 0.1) is 18.3 Å². The summed E-state index contributed by atoms with van der Waals surface area (Å²) >= 11 is 1.45. The van der Waals surface area contributed by atoms with Crippen LogP contribution in [-0.2, 0) is 17.9 Å². The molecule has 0 saturated heterocycles. The van der Waals surface area contributed by atoms with Crippen molar-refractivity contribution in [1.82, 2.24) is 14.5 Å². The van der Waals surface area contributed by atoms with E-state index in [0.29, 0.717) is 29.1 Å². The SMILES string of the molecule is O=C(Cn1cnc2sc(-c3ccccc3)cc2c1=O)N1CCOc2cc(F)ccc2C1. The van der Waals surface area contributed by atoms with E-state index in [9.17, 15) is 14.0 Å². The summed E-state index contributed by atoms with van der Waals surface area (Å²) in [6.45, 7) is 0.805. The minimum absolute atomic E-state index is 0.116. The third-order valence-corrected chi connectivity index (χ3v) is 6.34. The molecule has 8 heteroatoms. The molecule has 1 aliphatic heterocycles. The minimum Gasteiger partial charge on any atom is -0.491 e. The largest absolute Gasteiger partial charge is 0.491 e. The number of aromatic nitrogens is 2. The second-order valence-corrected chi connectivity index (χ2v) is 8.32. The topological polar surface area (TPSA) is 64.4 Å². The molecule has 1 amide bonds. The van der Waals surface area contributed by atoms with Crippen molar-refractivity contribution >= 4 is 27.5 Å². The van der Waals surface area contributed by atoms with Crippen molar-refractivity contribution in [3.05, 3.63) is 82.7 Å². The van der Waals surface area contributed by atoms with Gasteiger partial charge >= 0.3 is 0 Å². The number of halogens is 1. The van der Waals surface area contributed by atoms with E-state index in [4.69, 9.17) is 4.74 Å². The molecule has 0 atom stereocenters. The fourth-order valence-corrected chi connectivity index (χ4v) is 4.61. The first-order valence-corrected chi connectivity index (χ1v) is 10.6. The van der Waals surface area contributed by atoms with Gasteiger partial charge in [-0.2, -0.15) is 0 Å². The number of nitrogens with zero attached hydrogens (tertiary/aromatic N) is 3. The van der Waals surface area contributed by atoms with E-state index in [1.165, 1.54) is 34.4 Å². The molecule has 1 aliphatic rings. The number of carbonyl (C=O) groups is 1. The molecule has 4 aromatic rings. The highest BCUT2D eigenvalue weighted by Crippen LogP contribution is 2.30. The number of fused-ring (bicyclic) bond motifs is 2. The number of ether oxygens (including phenoxy) is 1. The zero-order valence-corrected chi connectivity index (χ0v) is 17.3. The van der Waals surface area contributed by atoms with Crippen LogP contribution in [0.5, 0.6) is 5.75 Å². The van der Waals surface area contributed by atoms with E-state index < -0.39 is 0 Å². The normalized spacial score (nSPS) is 13.5. The van der Waals surface area contributed by atoms with Crippen molar-refractivity contribution < 1.29 is 13.9 Å². The van der Waals surface area contributed by atoms with Gasteiger partial charge < -0.3 is 9.64 Å². The predicted octanol–water partition coefficient (Wildman–Crippen LogP) is 3.69. The number of benzene rings is 2. The van der Waals surface area contributed by atoms with Crippen LogP contribution in [0.3, 0.4) is 0 Å². The number of rotatable bonds is 3. The third kappa shape index (κ3) is 3.82. The van der Waals surface area contributed by atoms with E-state index in [1.54, 1.807) is 11.0 Å². The molecule has 0 unspecified atom stereocenters. The molecule has 0 radical (unpaired) electrons. The minimum atomic E-state index is -0.380. The maximum Gasteiger partial charge on any atom is 0.262 e. The lowest BCUT2D eigenvalue weighted by Crippen LogP contribution is -2.37. The zero-order valence-electron chi connectivity index (χ0n) is 16.5. The van der Waals surface area contributed by atoms with Crippen LogP contribution in [0.1, 0.15) is 5.56 Å². The molecule has 0 N–H and O–H groups in total. The maximum absolute atomic E-state index is 13.4. The van der Waals surface area contributed by atoms with Gasteiger partial charge in [-0.1, -0.05) is 36.4 Å². The fraction of sp³-hybridized carbons (Fsp3) is 0.174. The monoisotopic (exact) mass is 435 g/mol. The highest BCUT2D eigenvalue weighted by Gasteiger charge is 2.21. The van der Waals surface area contributed by atoms with E-state index in [0.717, 1.165) is 16.0 Å². The summed E-state index contributed by atoms with van der Waals surface area (Å²) in [4.78, 5) is 33.5. The first-order chi connectivity index (χ1) is 15.1. The summed E-state index contributed by atoms with van der Waals surface area (Å²) in [5.74, 6) is -0.153. The third-order valence-electron chi connectivity index (χ3n) is 5.24. The highest BCUT2D eigenvalue weighted by molar-refractivity contribution is 7.21. The molecule has 31 heavy (non-hydrogen) atoms. The Balaban J connectivity index is 1.40. The van der Waals surface area contributed by atoms with Crippen LogP contribution in [-0.4, -0.2) is 33.5 Å². The smallest absolute Gasteiger partial charge is 0.262 e. The van der Waals surface area contributed by atoms with E-state index >= 15 is 0 Å². The lowest BCUT2D eigenvalue weighted by molar-refractivity contribution is -0.132. The lowest BCUT2D eigenvalue weighted by atomic mass is 10.2. The Morgan fingerprint density at radius 1 is 1.16 bits per heavy atom. The Morgan fingerprint density at radius 2 is 2.00 bits per heavy atom. The number of hydrogen-bond acceptors (Lipinski definition) is 5. The second kappa shape index (κ2) is 7.96. The molecule has 0 fully saturated rings. The van der Waals surface area contributed by atoms with Gasteiger partial charge in [-0.15, -0.1) is 11.3 Å². The summed E-state index contributed by atoms with van der Waals surface area (Å²) in [5, 5.41) is 0.499. The fourth-order valence-electron chi connectivity index (χ4n) is 3.62. The second-order valence-electron chi connectivity index (χ2n) is 7.29. The van der Waals surface area contributed by atoms with Gasteiger partial charge in [-0.25, -0.2) is 9.37 Å². The predicted molar refractivity (Wildman–Crippen MR) is 117 cm³/mol. The Kier molecular flexibility index (Phi) is 4.99. The highest BCUT2D eigenvalue weighted by atomic mass is 32.1. The molecular formula is C23H18FN3O3S.